The van der Waals surface area contributed by atoms with Crippen molar-refractivity contribution < 1.29 is 9.90 Å². The van der Waals surface area contributed by atoms with E-state index < -0.39 is 5.60 Å². The molecule has 0 saturated carbocycles. The average molecular weight is 169 g/mol. The van der Waals surface area contributed by atoms with E-state index in [1.807, 2.05) is 0 Å². The summed E-state index contributed by atoms with van der Waals surface area (Å²) in [5.41, 5.74) is -0.862. The molecule has 0 aromatic rings. The standard InChI is InChI=1S/C9H15NO2/c1-5-6-8(11)10(4)7-9(2,3)12/h1,12H,6-7H2,2-4H3. The van der Waals surface area contributed by atoms with Gasteiger partial charge in [-0.25, -0.2) is 0 Å². The molecule has 0 unspecified atom stereocenters. The van der Waals surface area contributed by atoms with Crippen molar-refractivity contribution in [2.24, 2.45) is 0 Å². The fourth-order valence-corrected chi connectivity index (χ4v) is 0.891. The third kappa shape index (κ3) is 4.75. The second-order valence-electron chi connectivity index (χ2n) is 3.44. The summed E-state index contributed by atoms with van der Waals surface area (Å²) in [6, 6.07) is 0. The van der Waals surface area contributed by atoms with Crippen LogP contribution in [0.15, 0.2) is 0 Å². The Hall–Kier alpha value is -1.01. The van der Waals surface area contributed by atoms with Crippen LogP contribution in [0.3, 0.4) is 0 Å². The van der Waals surface area contributed by atoms with Gasteiger partial charge in [-0.2, -0.15) is 0 Å². The molecule has 1 N–H and O–H groups in total. The quantitative estimate of drug-likeness (QED) is 0.615. The highest BCUT2D eigenvalue weighted by Crippen LogP contribution is 2.03. The lowest BCUT2D eigenvalue weighted by molar-refractivity contribution is -0.131. The molecule has 0 fully saturated rings. The Labute approximate surface area is 73.4 Å². The highest BCUT2D eigenvalue weighted by molar-refractivity contribution is 5.78. The van der Waals surface area contributed by atoms with Crippen LogP contribution >= 0.6 is 0 Å². The topological polar surface area (TPSA) is 40.5 Å². The molecule has 0 aromatic heterocycles. The molecule has 0 radical (unpaired) electrons. The fourth-order valence-electron chi connectivity index (χ4n) is 0.891. The van der Waals surface area contributed by atoms with Crippen molar-refractivity contribution in [3.63, 3.8) is 0 Å². The number of carbonyl (C=O) groups excluding carboxylic acids is 1. The number of hydrogen-bond donors (Lipinski definition) is 1. The minimum Gasteiger partial charge on any atom is -0.389 e. The number of rotatable bonds is 3. The molecule has 0 aromatic carbocycles. The summed E-state index contributed by atoms with van der Waals surface area (Å²) in [5, 5.41) is 9.36. The molecule has 0 aliphatic rings. The molecular formula is C9H15NO2. The molecule has 0 rings (SSSR count). The van der Waals surface area contributed by atoms with E-state index in [1.165, 1.54) is 4.90 Å². The first-order valence-corrected chi connectivity index (χ1v) is 3.76. The first kappa shape index (κ1) is 11.0. The van der Waals surface area contributed by atoms with Crippen LogP contribution in [-0.2, 0) is 4.79 Å². The van der Waals surface area contributed by atoms with Gasteiger partial charge in [0.25, 0.3) is 0 Å². The van der Waals surface area contributed by atoms with Crippen LogP contribution in [0.4, 0.5) is 0 Å². The molecule has 0 aliphatic carbocycles. The lowest BCUT2D eigenvalue weighted by Crippen LogP contribution is -2.39. The van der Waals surface area contributed by atoms with Crippen molar-refractivity contribution in [1.29, 1.82) is 0 Å². The Balaban J connectivity index is 3.98. The Morgan fingerprint density at radius 2 is 2.17 bits per heavy atom. The lowest BCUT2D eigenvalue weighted by atomic mass is 10.1. The van der Waals surface area contributed by atoms with E-state index >= 15 is 0 Å². The molecule has 0 heterocycles. The molecule has 68 valence electrons. The maximum Gasteiger partial charge on any atom is 0.234 e. The largest absolute Gasteiger partial charge is 0.389 e. The van der Waals surface area contributed by atoms with Gasteiger partial charge in [-0.1, -0.05) is 5.92 Å². The predicted molar refractivity (Wildman–Crippen MR) is 47.4 cm³/mol. The molecule has 0 atom stereocenters. The third-order valence-corrected chi connectivity index (χ3v) is 1.30. The normalized spacial score (nSPS) is 10.6. The van der Waals surface area contributed by atoms with E-state index in [0.29, 0.717) is 6.54 Å². The lowest BCUT2D eigenvalue weighted by Gasteiger charge is -2.24. The number of hydrogen-bond acceptors (Lipinski definition) is 2. The highest BCUT2D eigenvalue weighted by Gasteiger charge is 2.18. The van der Waals surface area contributed by atoms with Gasteiger partial charge < -0.3 is 10.0 Å². The van der Waals surface area contributed by atoms with E-state index in [9.17, 15) is 9.90 Å². The summed E-state index contributed by atoms with van der Waals surface area (Å²) in [4.78, 5) is 12.5. The summed E-state index contributed by atoms with van der Waals surface area (Å²) in [7, 11) is 1.62. The summed E-state index contributed by atoms with van der Waals surface area (Å²) in [6.07, 6.45) is 5.06. The molecule has 0 saturated heterocycles. The van der Waals surface area contributed by atoms with Crippen LogP contribution in [0.25, 0.3) is 0 Å². The van der Waals surface area contributed by atoms with Gasteiger partial charge in [0, 0.05) is 13.6 Å². The highest BCUT2D eigenvalue weighted by atomic mass is 16.3. The SMILES string of the molecule is C#CCC(=O)N(C)CC(C)(C)O. The number of terminal acetylenes is 1. The van der Waals surface area contributed by atoms with Crippen LogP contribution in [0.1, 0.15) is 20.3 Å². The van der Waals surface area contributed by atoms with Gasteiger partial charge in [0.15, 0.2) is 0 Å². The van der Waals surface area contributed by atoms with Gasteiger partial charge in [0.1, 0.15) is 0 Å². The van der Waals surface area contributed by atoms with Gasteiger partial charge in [0.2, 0.25) is 5.91 Å². The van der Waals surface area contributed by atoms with Crippen molar-refractivity contribution in [1.82, 2.24) is 4.90 Å². The zero-order chi connectivity index (χ0) is 9.78. The molecule has 3 nitrogen and oxygen atoms in total. The second-order valence-corrected chi connectivity index (χ2v) is 3.44. The first-order chi connectivity index (χ1) is 5.37. The molecule has 1 amide bonds. The van der Waals surface area contributed by atoms with Gasteiger partial charge in [-0.05, 0) is 13.8 Å². The van der Waals surface area contributed by atoms with E-state index in [-0.39, 0.29) is 12.3 Å². The van der Waals surface area contributed by atoms with E-state index in [4.69, 9.17) is 6.42 Å². The maximum absolute atomic E-state index is 11.1. The van der Waals surface area contributed by atoms with Crippen molar-refractivity contribution in [3.8, 4) is 12.3 Å². The van der Waals surface area contributed by atoms with E-state index in [1.54, 1.807) is 20.9 Å². The molecule has 12 heavy (non-hydrogen) atoms. The maximum atomic E-state index is 11.1. The second kappa shape index (κ2) is 4.13. The van der Waals surface area contributed by atoms with Crippen molar-refractivity contribution in [2.75, 3.05) is 13.6 Å². The van der Waals surface area contributed by atoms with Crippen molar-refractivity contribution in [2.45, 2.75) is 25.9 Å². The minimum atomic E-state index is -0.862. The van der Waals surface area contributed by atoms with Crippen LogP contribution in [0.5, 0.6) is 0 Å². The first-order valence-electron chi connectivity index (χ1n) is 3.76. The summed E-state index contributed by atoms with van der Waals surface area (Å²) < 4.78 is 0. The number of carbonyl (C=O) groups is 1. The average Bonchev–Trinajstić information content (AvgIpc) is 1.84. The van der Waals surface area contributed by atoms with Crippen LogP contribution in [0.2, 0.25) is 0 Å². The predicted octanol–water partition coefficient (Wildman–Crippen LogP) is 0.239. The molecule has 0 aliphatic heterocycles. The fraction of sp³-hybridized carbons (Fsp3) is 0.667. The van der Waals surface area contributed by atoms with Gasteiger partial charge >= 0.3 is 0 Å². The number of aliphatic hydroxyl groups is 1. The van der Waals surface area contributed by atoms with E-state index in [0.717, 1.165) is 0 Å². The molecule has 0 spiro atoms. The Bertz CT molecular complexity index is 198. The van der Waals surface area contributed by atoms with E-state index in [2.05, 4.69) is 5.92 Å². The van der Waals surface area contributed by atoms with Gasteiger partial charge in [0.05, 0.1) is 12.0 Å². The molecule has 0 bridgehead atoms. The summed E-state index contributed by atoms with van der Waals surface area (Å²) in [5.74, 6) is 2.12. The van der Waals surface area contributed by atoms with Crippen molar-refractivity contribution in [3.05, 3.63) is 0 Å². The summed E-state index contributed by atoms with van der Waals surface area (Å²) in [6.45, 7) is 3.59. The van der Waals surface area contributed by atoms with Crippen LogP contribution in [-0.4, -0.2) is 35.1 Å². The van der Waals surface area contributed by atoms with Gasteiger partial charge in [-0.3, -0.25) is 4.79 Å². The van der Waals surface area contributed by atoms with Crippen molar-refractivity contribution >= 4 is 5.91 Å². The number of nitrogens with zero attached hydrogens (tertiary/aromatic N) is 1. The zero-order valence-corrected chi connectivity index (χ0v) is 7.79. The molecule has 3 heteroatoms. The third-order valence-electron chi connectivity index (χ3n) is 1.30. The number of likely N-dealkylation sites (N-methyl/N-ethyl adjacent to an activating group) is 1. The molecular weight excluding hydrogens is 154 g/mol. The Kier molecular flexibility index (Phi) is 3.78. The Morgan fingerprint density at radius 3 is 2.50 bits per heavy atom. The number of amides is 1. The van der Waals surface area contributed by atoms with Gasteiger partial charge in [-0.15, -0.1) is 6.42 Å². The Morgan fingerprint density at radius 1 is 1.67 bits per heavy atom. The van der Waals surface area contributed by atoms with Crippen LogP contribution in [0, 0.1) is 12.3 Å². The smallest absolute Gasteiger partial charge is 0.234 e. The van der Waals surface area contributed by atoms with Crippen LogP contribution < -0.4 is 0 Å². The minimum absolute atomic E-state index is 0.0899. The monoisotopic (exact) mass is 169 g/mol. The zero-order valence-electron chi connectivity index (χ0n) is 7.79. The summed E-state index contributed by atoms with van der Waals surface area (Å²) >= 11 is 0.